The molecule has 0 saturated carbocycles. The zero-order valence-corrected chi connectivity index (χ0v) is 21.7. The molecule has 4 nitrogen and oxygen atoms in total. The predicted octanol–water partition coefficient (Wildman–Crippen LogP) is 7.08. The van der Waals surface area contributed by atoms with E-state index in [0.717, 1.165) is 29.7 Å². The van der Waals surface area contributed by atoms with E-state index in [-0.39, 0.29) is 29.7 Å². The average molecular weight is 545 g/mol. The van der Waals surface area contributed by atoms with Gasteiger partial charge in [0, 0.05) is 33.5 Å². The van der Waals surface area contributed by atoms with Crippen LogP contribution in [0.25, 0.3) is 5.57 Å². The van der Waals surface area contributed by atoms with E-state index in [1.54, 1.807) is 6.92 Å². The van der Waals surface area contributed by atoms with Gasteiger partial charge in [-0.3, -0.25) is 0 Å². The lowest BCUT2D eigenvalue weighted by molar-refractivity contribution is 0.00578. The van der Waals surface area contributed by atoms with E-state index in [9.17, 15) is 17.6 Å². The first-order valence-corrected chi connectivity index (χ1v) is 11.0. The van der Waals surface area contributed by atoms with Crippen LogP contribution in [-0.2, 0) is 9.31 Å². The quantitative estimate of drug-likeness (QED) is 0.183. The highest BCUT2D eigenvalue weighted by Crippen LogP contribution is 2.38. The molecule has 1 heterocycles. The summed E-state index contributed by atoms with van der Waals surface area (Å²) >= 11 is 2.95. The maximum atomic E-state index is 12.6. The lowest BCUT2D eigenvalue weighted by atomic mass is 9.81. The van der Waals surface area contributed by atoms with Crippen LogP contribution in [0.2, 0.25) is 0 Å². The van der Waals surface area contributed by atoms with Crippen LogP contribution >= 0.6 is 15.9 Å². The highest BCUT2D eigenvalue weighted by molar-refractivity contribution is 9.10. The summed E-state index contributed by atoms with van der Waals surface area (Å²) in [6.07, 6.45) is 0. The number of hydrogen-bond donors (Lipinski definition) is 2. The van der Waals surface area contributed by atoms with Crippen molar-refractivity contribution in [1.82, 2.24) is 0 Å². The minimum Gasteiger partial charge on any atom is -0.400 e. The number of hydrogen-bond acceptors (Lipinski definition) is 4. The predicted molar refractivity (Wildman–Crippen MR) is 135 cm³/mol. The number of nitrogens with two attached hydrogens (primary N) is 2. The van der Waals surface area contributed by atoms with E-state index in [0.29, 0.717) is 15.6 Å². The van der Waals surface area contributed by atoms with Gasteiger partial charge in [-0.2, -0.15) is 0 Å². The molecule has 0 aromatic heterocycles. The zero-order chi connectivity index (χ0) is 26.6. The largest absolute Gasteiger partial charge is 0.489 e. The van der Waals surface area contributed by atoms with Gasteiger partial charge in [0.05, 0.1) is 11.2 Å². The first kappa shape index (κ1) is 29.7. The lowest BCUT2D eigenvalue weighted by Gasteiger charge is -2.32. The van der Waals surface area contributed by atoms with Crippen LogP contribution in [0.3, 0.4) is 0 Å². The third-order valence-corrected chi connectivity index (χ3v) is 5.93. The molecule has 1 aliphatic rings. The molecule has 0 amide bonds. The van der Waals surface area contributed by atoms with Gasteiger partial charge in [0.1, 0.15) is 0 Å². The van der Waals surface area contributed by atoms with Gasteiger partial charge in [0.2, 0.25) is 0 Å². The Morgan fingerprint density at radius 2 is 1.18 bits per heavy atom. The van der Waals surface area contributed by atoms with E-state index in [2.05, 4.69) is 29.1 Å². The number of benzene rings is 2. The summed E-state index contributed by atoms with van der Waals surface area (Å²) in [5.74, 6) is -3.67. The van der Waals surface area contributed by atoms with E-state index >= 15 is 0 Å². The Bertz CT molecular complexity index is 1010. The van der Waals surface area contributed by atoms with Crippen LogP contribution in [0.1, 0.15) is 47.1 Å². The van der Waals surface area contributed by atoms with Gasteiger partial charge in [0.25, 0.3) is 0 Å². The molecule has 2 aromatic rings. The van der Waals surface area contributed by atoms with Gasteiger partial charge < -0.3 is 20.8 Å². The maximum Gasteiger partial charge on any atom is 0.489 e. The molecule has 0 spiro atoms. The summed E-state index contributed by atoms with van der Waals surface area (Å²) in [5.41, 5.74) is 12.6. The first-order valence-electron chi connectivity index (χ1n) is 10.2. The van der Waals surface area contributed by atoms with Crippen molar-refractivity contribution in [3.8, 4) is 0 Å². The Kier molecular flexibility index (Phi) is 9.99. The van der Waals surface area contributed by atoms with Crippen LogP contribution in [0.4, 0.5) is 28.9 Å². The van der Waals surface area contributed by atoms with Crippen LogP contribution in [0.5, 0.6) is 0 Å². The van der Waals surface area contributed by atoms with Gasteiger partial charge in [0.15, 0.2) is 23.3 Å². The van der Waals surface area contributed by atoms with Gasteiger partial charge in [-0.25, -0.2) is 17.6 Å². The molecule has 1 aliphatic heterocycles. The molecular formula is C24H30BBrF4N2O2. The maximum absolute atomic E-state index is 12.6. The van der Waals surface area contributed by atoms with Crippen molar-refractivity contribution >= 4 is 40.0 Å². The van der Waals surface area contributed by atoms with E-state index < -0.39 is 23.3 Å². The molecule has 0 unspecified atom stereocenters. The van der Waals surface area contributed by atoms with Crippen molar-refractivity contribution in [2.24, 2.45) is 0 Å². The molecule has 0 bridgehead atoms. The Hall–Kier alpha value is -2.30. The first-order chi connectivity index (χ1) is 15.4. The smallest absolute Gasteiger partial charge is 0.400 e. The monoisotopic (exact) mass is 544 g/mol. The van der Waals surface area contributed by atoms with E-state index in [4.69, 9.17) is 20.8 Å². The minimum atomic E-state index is -0.933. The number of rotatable bonds is 2. The summed E-state index contributed by atoms with van der Waals surface area (Å²) in [7, 11) is -0.241. The third-order valence-electron chi connectivity index (χ3n) is 5.25. The molecule has 0 atom stereocenters. The van der Waals surface area contributed by atoms with Gasteiger partial charge in [-0.1, -0.05) is 12.1 Å². The Labute approximate surface area is 207 Å². The Balaban J connectivity index is 0.000000256. The van der Waals surface area contributed by atoms with Crippen LogP contribution in [0, 0.1) is 23.3 Å². The fourth-order valence-corrected chi connectivity index (χ4v) is 2.83. The van der Waals surface area contributed by atoms with Gasteiger partial charge in [-0.05, 0) is 75.2 Å². The van der Waals surface area contributed by atoms with Crippen molar-refractivity contribution in [3.63, 3.8) is 0 Å². The Morgan fingerprint density at radius 1 is 0.794 bits per heavy atom. The van der Waals surface area contributed by atoms with Crippen LogP contribution < -0.4 is 11.5 Å². The second-order valence-electron chi connectivity index (χ2n) is 8.86. The molecule has 34 heavy (non-hydrogen) atoms. The SMILES string of the molecule is C=C(C)B1OC(C)(C)C(C)(C)O1.C=C(C)c1cc(F)c(F)cc1N.Nc1cc(F)c(F)cc1Br. The topological polar surface area (TPSA) is 70.5 Å². The van der Waals surface area contributed by atoms with Crippen molar-refractivity contribution in [2.75, 3.05) is 11.5 Å². The van der Waals surface area contributed by atoms with Crippen molar-refractivity contribution in [1.29, 1.82) is 0 Å². The molecule has 186 valence electrons. The summed E-state index contributed by atoms with van der Waals surface area (Å²) in [4.78, 5) is 0. The molecule has 1 fully saturated rings. The average Bonchev–Trinajstić information content (AvgIpc) is 2.91. The number of allylic oxidation sites excluding steroid dienone is 2. The summed E-state index contributed by atoms with van der Waals surface area (Å²) in [5, 5.41) is 0. The normalized spacial score (nSPS) is 15.6. The standard InChI is InChI=1S/C9H17BO2.C9H9F2N.C6H4BrF2N/c1-7(2)10-11-8(3,4)9(5,6)12-10;1-5(2)6-3-7(10)8(11)4-9(6)12;7-3-1-4(8)5(9)2-6(3)10/h1H2,2-6H3;3-4H,1,12H2,2H3;1-2H,10H2. The highest BCUT2D eigenvalue weighted by Gasteiger charge is 2.51. The molecule has 0 aliphatic carbocycles. The third kappa shape index (κ3) is 7.61. The van der Waals surface area contributed by atoms with E-state index in [1.165, 1.54) is 0 Å². The second-order valence-corrected chi connectivity index (χ2v) is 9.71. The second kappa shape index (κ2) is 11.4. The molecule has 3 rings (SSSR count). The lowest BCUT2D eigenvalue weighted by Crippen LogP contribution is -2.41. The molecule has 0 radical (unpaired) electrons. The Morgan fingerprint density at radius 3 is 1.53 bits per heavy atom. The number of anilines is 2. The molecular weight excluding hydrogens is 515 g/mol. The molecule has 2 aromatic carbocycles. The zero-order valence-electron chi connectivity index (χ0n) is 20.2. The number of nitrogen functional groups attached to an aromatic ring is 2. The minimum absolute atomic E-state index is 0.193. The van der Waals surface area contributed by atoms with Gasteiger partial charge >= 0.3 is 7.12 Å². The van der Waals surface area contributed by atoms with Crippen LogP contribution in [-0.4, -0.2) is 18.3 Å². The van der Waals surface area contributed by atoms with Gasteiger partial charge in [-0.15, -0.1) is 6.58 Å². The highest BCUT2D eigenvalue weighted by atomic mass is 79.9. The van der Waals surface area contributed by atoms with Crippen molar-refractivity contribution in [3.05, 3.63) is 76.2 Å². The van der Waals surface area contributed by atoms with Crippen molar-refractivity contribution < 1.29 is 26.9 Å². The fraction of sp³-hybridized carbons (Fsp3) is 0.333. The van der Waals surface area contributed by atoms with Crippen LogP contribution in [0.15, 0.2) is 47.4 Å². The summed E-state index contributed by atoms with van der Waals surface area (Å²) in [6, 6.07) is 3.93. The van der Waals surface area contributed by atoms with E-state index in [1.807, 2.05) is 34.6 Å². The molecule has 1 saturated heterocycles. The fourth-order valence-electron chi connectivity index (χ4n) is 2.51. The molecule has 10 heteroatoms. The number of halogens is 5. The molecule has 4 N–H and O–H groups in total. The summed E-state index contributed by atoms with van der Waals surface area (Å²) < 4.78 is 61.5. The van der Waals surface area contributed by atoms with Crippen molar-refractivity contribution in [2.45, 2.75) is 52.7 Å². The summed E-state index contributed by atoms with van der Waals surface area (Å²) in [6.45, 7) is 19.2.